The highest BCUT2D eigenvalue weighted by molar-refractivity contribution is 6.58. The summed E-state index contributed by atoms with van der Waals surface area (Å²) < 4.78 is 4.72. The third kappa shape index (κ3) is 3.72. The average Bonchev–Trinajstić information content (AvgIpc) is 2.40. The van der Waals surface area contributed by atoms with Gasteiger partial charge in [0.2, 0.25) is 0 Å². The molecule has 6 nitrogen and oxygen atoms in total. The molecule has 0 unspecified atom stereocenters. The Morgan fingerprint density at radius 2 is 2.22 bits per heavy atom. The van der Waals surface area contributed by atoms with E-state index in [4.69, 9.17) is 15.4 Å². The first-order valence-electron chi connectivity index (χ1n) is 5.22. The summed E-state index contributed by atoms with van der Waals surface area (Å²) in [6.45, 7) is 1.90. The number of esters is 1. The first kappa shape index (κ1) is 13.4. The van der Waals surface area contributed by atoms with Crippen molar-refractivity contribution in [1.82, 2.24) is 0 Å². The van der Waals surface area contributed by atoms with Crippen LogP contribution in [0.3, 0.4) is 0 Å². The van der Waals surface area contributed by atoms with E-state index in [0.717, 1.165) is 6.21 Å². The second kappa shape index (κ2) is 6.81. The second-order valence-electron chi connectivity index (χ2n) is 3.16. The molecule has 92 valence electrons. The third-order valence-electron chi connectivity index (χ3n) is 1.94. The van der Waals surface area contributed by atoms with E-state index in [2.05, 4.69) is 10.5 Å². The summed E-state index contributed by atoms with van der Waals surface area (Å²) in [7, 11) is 0. The normalized spacial score (nSPS) is 10.3. The van der Waals surface area contributed by atoms with E-state index in [-0.39, 0.29) is 12.3 Å². The summed E-state index contributed by atoms with van der Waals surface area (Å²) in [5.41, 5.74) is 3.63. The van der Waals surface area contributed by atoms with Crippen molar-refractivity contribution in [2.75, 3.05) is 12.0 Å². The topological polar surface area (TPSA) is 98.3 Å². The van der Waals surface area contributed by atoms with Crippen LogP contribution in [0.25, 0.3) is 0 Å². The number of hydrogen-bond acceptors (Lipinski definition) is 6. The molecule has 0 atom stereocenters. The van der Waals surface area contributed by atoms with E-state index < -0.39 is 5.97 Å². The molecule has 0 spiro atoms. The minimum Gasteiger partial charge on any atom is -0.461 e. The lowest BCUT2D eigenvalue weighted by molar-refractivity contribution is -0.134. The number of ether oxygens (including phenoxy) is 1. The van der Waals surface area contributed by atoms with E-state index in [0.29, 0.717) is 11.3 Å². The van der Waals surface area contributed by atoms with Gasteiger partial charge in [-0.2, -0.15) is 10.4 Å². The van der Waals surface area contributed by atoms with E-state index in [1.807, 2.05) is 6.07 Å². The maximum atomic E-state index is 11.3. The van der Waals surface area contributed by atoms with Crippen molar-refractivity contribution in [1.29, 1.82) is 10.7 Å². The predicted molar refractivity (Wildman–Crippen MR) is 67.6 cm³/mol. The highest BCUT2D eigenvalue weighted by Crippen LogP contribution is 2.08. The molecule has 0 radical (unpaired) electrons. The van der Waals surface area contributed by atoms with Crippen LogP contribution >= 0.6 is 0 Å². The van der Waals surface area contributed by atoms with Gasteiger partial charge in [0.25, 0.3) is 0 Å². The maximum Gasteiger partial charge on any atom is 0.360 e. The number of nitrogens with one attached hydrogen (secondary N) is 2. The van der Waals surface area contributed by atoms with Crippen LogP contribution in [0.1, 0.15) is 12.5 Å². The van der Waals surface area contributed by atoms with Crippen molar-refractivity contribution in [2.45, 2.75) is 6.92 Å². The van der Waals surface area contributed by atoms with Crippen LogP contribution in [-0.4, -0.2) is 24.5 Å². The van der Waals surface area contributed by atoms with Crippen molar-refractivity contribution in [2.24, 2.45) is 5.10 Å². The fraction of sp³-hybridized carbons (Fsp3) is 0.167. The van der Waals surface area contributed by atoms with Crippen molar-refractivity contribution in [3.63, 3.8) is 0 Å². The molecular weight excluding hydrogens is 232 g/mol. The molecule has 0 aliphatic heterocycles. The number of anilines is 1. The zero-order chi connectivity index (χ0) is 13.4. The minimum atomic E-state index is -0.659. The van der Waals surface area contributed by atoms with Gasteiger partial charge in [-0.3, -0.25) is 5.43 Å². The third-order valence-corrected chi connectivity index (χ3v) is 1.94. The van der Waals surface area contributed by atoms with Gasteiger partial charge < -0.3 is 10.1 Å². The first-order chi connectivity index (χ1) is 8.71. The summed E-state index contributed by atoms with van der Waals surface area (Å²) in [6, 6.07) is 8.52. The van der Waals surface area contributed by atoms with Gasteiger partial charge >= 0.3 is 5.97 Å². The van der Waals surface area contributed by atoms with Gasteiger partial charge in [-0.25, -0.2) is 4.79 Å². The molecule has 0 saturated heterocycles. The lowest BCUT2D eigenvalue weighted by Gasteiger charge is -2.03. The average molecular weight is 244 g/mol. The molecule has 0 amide bonds. The molecule has 2 N–H and O–H groups in total. The van der Waals surface area contributed by atoms with Gasteiger partial charge in [-0.1, -0.05) is 0 Å². The SMILES string of the molecule is CCOC(=O)/C(C=N)=N/Nc1ccc(C#N)cc1. The number of hydrogen-bond donors (Lipinski definition) is 2. The van der Waals surface area contributed by atoms with Crippen molar-refractivity contribution in [3.05, 3.63) is 29.8 Å². The Balaban J connectivity index is 2.73. The minimum absolute atomic E-state index is 0.124. The van der Waals surface area contributed by atoms with Gasteiger partial charge in [0.05, 0.1) is 30.1 Å². The van der Waals surface area contributed by atoms with Crippen LogP contribution in [0.4, 0.5) is 5.69 Å². The molecule has 6 heteroatoms. The van der Waals surface area contributed by atoms with Crippen LogP contribution < -0.4 is 5.43 Å². The fourth-order valence-corrected chi connectivity index (χ4v) is 1.09. The summed E-state index contributed by atoms with van der Waals surface area (Å²) in [5, 5.41) is 19.4. The molecule has 1 aromatic rings. The van der Waals surface area contributed by atoms with Crippen molar-refractivity contribution in [3.8, 4) is 6.07 Å². The number of benzene rings is 1. The number of hydrazone groups is 1. The predicted octanol–water partition coefficient (Wildman–Crippen LogP) is 1.54. The van der Waals surface area contributed by atoms with E-state index in [1.165, 1.54) is 0 Å². The van der Waals surface area contributed by atoms with Crippen LogP contribution in [-0.2, 0) is 9.53 Å². The number of carbonyl (C=O) groups is 1. The lowest BCUT2D eigenvalue weighted by Crippen LogP contribution is -2.19. The van der Waals surface area contributed by atoms with Gasteiger partial charge in [0.1, 0.15) is 0 Å². The Hall–Kier alpha value is -2.68. The first-order valence-corrected chi connectivity index (χ1v) is 5.22. The monoisotopic (exact) mass is 244 g/mol. The maximum absolute atomic E-state index is 11.3. The zero-order valence-corrected chi connectivity index (χ0v) is 9.80. The second-order valence-corrected chi connectivity index (χ2v) is 3.16. The quantitative estimate of drug-likeness (QED) is 0.466. The fourth-order valence-electron chi connectivity index (χ4n) is 1.09. The molecule has 1 aromatic carbocycles. The number of rotatable bonds is 5. The largest absolute Gasteiger partial charge is 0.461 e. The smallest absolute Gasteiger partial charge is 0.360 e. The Morgan fingerprint density at radius 3 is 2.72 bits per heavy atom. The van der Waals surface area contributed by atoms with E-state index in [1.54, 1.807) is 31.2 Å². The molecule has 0 aromatic heterocycles. The lowest BCUT2D eigenvalue weighted by atomic mass is 10.2. The Bertz CT molecular complexity index is 500. The van der Waals surface area contributed by atoms with Crippen molar-refractivity contribution < 1.29 is 9.53 Å². The van der Waals surface area contributed by atoms with E-state index in [9.17, 15) is 4.79 Å². The van der Waals surface area contributed by atoms with Gasteiger partial charge in [0.15, 0.2) is 5.71 Å². The standard InChI is InChI=1S/C12H12N4O2/c1-2-18-12(17)11(8-14)16-15-10-5-3-9(7-13)4-6-10/h3-6,8,14-15H,2H2,1H3/b14-8?,16-11+. The van der Waals surface area contributed by atoms with Gasteiger partial charge in [-0.05, 0) is 31.2 Å². The van der Waals surface area contributed by atoms with Gasteiger partial charge in [-0.15, -0.1) is 0 Å². The Labute approximate surface area is 104 Å². The molecule has 0 aliphatic carbocycles. The highest BCUT2D eigenvalue weighted by Gasteiger charge is 2.09. The van der Waals surface area contributed by atoms with Crippen molar-refractivity contribution >= 4 is 23.6 Å². The molecule has 0 aliphatic rings. The van der Waals surface area contributed by atoms with Crippen LogP contribution in [0.15, 0.2) is 29.4 Å². The number of nitriles is 1. The summed E-state index contributed by atoms with van der Waals surface area (Å²) in [6.07, 6.45) is 0.814. The van der Waals surface area contributed by atoms with Gasteiger partial charge in [0, 0.05) is 0 Å². The zero-order valence-electron chi connectivity index (χ0n) is 9.80. The van der Waals surface area contributed by atoms with Crippen LogP contribution in [0.5, 0.6) is 0 Å². The van der Waals surface area contributed by atoms with E-state index >= 15 is 0 Å². The molecule has 0 saturated carbocycles. The summed E-state index contributed by atoms with van der Waals surface area (Å²) in [5.74, 6) is -0.659. The molecule has 18 heavy (non-hydrogen) atoms. The highest BCUT2D eigenvalue weighted by atomic mass is 16.5. The molecule has 0 fully saturated rings. The number of carbonyl (C=O) groups excluding carboxylic acids is 1. The molecule has 0 heterocycles. The van der Waals surface area contributed by atoms with Crippen LogP contribution in [0, 0.1) is 16.7 Å². The summed E-state index contributed by atoms with van der Waals surface area (Å²) in [4.78, 5) is 11.3. The molecular formula is C12H12N4O2. The molecule has 0 bridgehead atoms. The molecule has 1 rings (SSSR count). The number of nitrogens with zero attached hydrogens (tertiary/aromatic N) is 2. The Morgan fingerprint density at radius 1 is 1.56 bits per heavy atom. The Kier molecular flexibility index (Phi) is 5.06. The van der Waals surface area contributed by atoms with Crippen LogP contribution in [0.2, 0.25) is 0 Å². The summed E-state index contributed by atoms with van der Waals surface area (Å²) >= 11 is 0.